The van der Waals surface area contributed by atoms with E-state index in [9.17, 15) is 19.4 Å². The third kappa shape index (κ3) is 38.8. The van der Waals surface area contributed by atoms with Crippen LogP contribution in [0.2, 0.25) is 0 Å². The SMILES string of the molecule is CCCCCCCCCCCCCCCCCCCCCCCCCCCCCC/C=C/C(O)C(COP(=O)([O-])OCC[N+](C)(C)C)NC(C)=O. The molecule has 304 valence electrons. The van der Waals surface area contributed by atoms with Gasteiger partial charge in [-0.15, -0.1) is 0 Å². The van der Waals surface area contributed by atoms with E-state index in [0.29, 0.717) is 11.0 Å². The molecule has 0 bridgehead atoms. The molecule has 0 aliphatic heterocycles. The van der Waals surface area contributed by atoms with Gasteiger partial charge in [-0.1, -0.05) is 192 Å². The van der Waals surface area contributed by atoms with E-state index in [1.165, 1.54) is 174 Å². The molecule has 0 heterocycles. The molecule has 0 aliphatic rings. The van der Waals surface area contributed by atoms with Gasteiger partial charge in [-0.3, -0.25) is 9.36 Å². The van der Waals surface area contributed by atoms with Gasteiger partial charge >= 0.3 is 0 Å². The molecule has 0 saturated carbocycles. The van der Waals surface area contributed by atoms with Gasteiger partial charge in [-0.2, -0.15) is 0 Å². The molecule has 1 amide bonds. The number of aliphatic hydroxyl groups is 1. The van der Waals surface area contributed by atoms with Crippen LogP contribution in [0.5, 0.6) is 0 Å². The van der Waals surface area contributed by atoms with E-state index in [4.69, 9.17) is 9.05 Å². The summed E-state index contributed by atoms with van der Waals surface area (Å²) in [4.78, 5) is 23.7. The van der Waals surface area contributed by atoms with Crippen molar-refractivity contribution in [2.75, 3.05) is 40.9 Å². The van der Waals surface area contributed by atoms with Crippen molar-refractivity contribution in [3.8, 4) is 0 Å². The fourth-order valence-electron chi connectivity index (χ4n) is 6.42. The van der Waals surface area contributed by atoms with Gasteiger partial charge in [0.1, 0.15) is 13.2 Å². The number of hydrogen-bond donors (Lipinski definition) is 2. The molecule has 9 heteroatoms. The van der Waals surface area contributed by atoms with Crippen LogP contribution in [-0.4, -0.2) is 68.5 Å². The van der Waals surface area contributed by atoms with Crippen molar-refractivity contribution in [1.82, 2.24) is 5.32 Å². The molecule has 0 aromatic heterocycles. The Labute approximate surface area is 316 Å². The third-order valence-corrected chi connectivity index (χ3v) is 10.7. The number of likely N-dealkylation sites (N-methyl/N-ethyl adjacent to an activating group) is 1. The van der Waals surface area contributed by atoms with Crippen molar-refractivity contribution in [1.29, 1.82) is 0 Å². The van der Waals surface area contributed by atoms with Crippen LogP contribution in [0.1, 0.15) is 200 Å². The van der Waals surface area contributed by atoms with Crippen molar-refractivity contribution < 1.29 is 32.9 Å². The van der Waals surface area contributed by atoms with Crippen LogP contribution in [0.3, 0.4) is 0 Å². The Kier molecular flexibility index (Phi) is 34.5. The zero-order valence-corrected chi connectivity index (χ0v) is 35.2. The second-order valence-corrected chi connectivity index (χ2v) is 17.6. The lowest BCUT2D eigenvalue weighted by atomic mass is 10.0. The van der Waals surface area contributed by atoms with Crippen LogP contribution in [0.15, 0.2) is 12.2 Å². The minimum atomic E-state index is -4.54. The maximum atomic E-state index is 12.1. The van der Waals surface area contributed by atoms with Crippen molar-refractivity contribution in [3.05, 3.63) is 12.2 Å². The van der Waals surface area contributed by atoms with Crippen LogP contribution in [0.25, 0.3) is 0 Å². The predicted octanol–water partition coefficient (Wildman–Crippen LogP) is 10.9. The maximum absolute atomic E-state index is 12.1. The van der Waals surface area contributed by atoms with Crippen LogP contribution in [0, 0.1) is 0 Å². The van der Waals surface area contributed by atoms with Crippen molar-refractivity contribution in [2.24, 2.45) is 0 Å². The molecule has 0 aromatic rings. The molecule has 3 unspecified atom stereocenters. The molecule has 0 rings (SSSR count). The number of allylic oxidation sites excluding steroid dienone is 1. The van der Waals surface area contributed by atoms with E-state index in [1.54, 1.807) is 6.08 Å². The van der Waals surface area contributed by atoms with E-state index >= 15 is 0 Å². The summed E-state index contributed by atoms with van der Waals surface area (Å²) in [5.41, 5.74) is 0. The first-order chi connectivity index (χ1) is 24.5. The summed E-state index contributed by atoms with van der Waals surface area (Å²) in [6.45, 7) is 3.71. The summed E-state index contributed by atoms with van der Waals surface area (Å²) in [5, 5.41) is 13.1. The van der Waals surface area contributed by atoms with Crippen molar-refractivity contribution in [2.45, 2.75) is 212 Å². The molecule has 51 heavy (non-hydrogen) atoms. The average Bonchev–Trinajstić information content (AvgIpc) is 3.06. The predicted molar refractivity (Wildman–Crippen MR) is 215 cm³/mol. The van der Waals surface area contributed by atoms with Gasteiger partial charge in [0.15, 0.2) is 0 Å². The number of carbonyl (C=O) groups is 1. The molecule has 3 atom stereocenters. The van der Waals surface area contributed by atoms with Gasteiger partial charge in [0.25, 0.3) is 7.82 Å². The van der Waals surface area contributed by atoms with Crippen LogP contribution < -0.4 is 10.2 Å². The van der Waals surface area contributed by atoms with Gasteiger partial charge in [0.2, 0.25) is 5.91 Å². The molecule has 0 aromatic carbocycles. The molecule has 0 fully saturated rings. The largest absolute Gasteiger partial charge is 0.756 e. The zero-order chi connectivity index (χ0) is 37.9. The lowest BCUT2D eigenvalue weighted by molar-refractivity contribution is -0.870. The summed E-state index contributed by atoms with van der Waals surface area (Å²) in [6, 6.07) is -0.883. The van der Waals surface area contributed by atoms with Gasteiger partial charge in [0.05, 0.1) is 39.9 Å². The number of nitrogens with one attached hydrogen (secondary N) is 1. The lowest BCUT2D eigenvalue weighted by Crippen LogP contribution is -2.45. The monoisotopic (exact) mass is 745 g/mol. The van der Waals surface area contributed by atoms with Gasteiger partial charge < -0.3 is 28.8 Å². The van der Waals surface area contributed by atoms with Gasteiger partial charge in [-0.05, 0) is 12.8 Å². The number of unbranched alkanes of at least 4 members (excludes halogenated alkanes) is 28. The normalized spacial score (nSPS) is 14.6. The standard InChI is InChI=1S/C42H85N2O6P/c1-6-7-8-9-10-11-12-13-14-15-16-17-18-19-20-21-22-23-24-25-26-27-28-29-30-31-32-33-34-35-36-42(46)41(43-40(2)45)39-50-51(47,48)49-38-37-44(3,4)5/h35-36,41-42,46H,6-34,37-39H2,1-5H3,(H-,43,45,47,48)/b36-35+. The van der Waals surface area contributed by atoms with Crippen LogP contribution in [0.4, 0.5) is 0 Å². The van der Waals surface area contributed by atoms with Crippen LogP contribution >= 0.6 is 7.82 Å². The minimum Gasteiger partial charge on any atom is -0.756 e. The number of amides is 1. The second kappa shape index (κ2) is 35.0. The number of aliphatic hydroxyl groups excluding tert-OH is 1. The number of rotatable bonds is 39. The zero-order valence-electron chi connectivity index (χ0n) is 34.3. The highest BCUT2D eigenvalue weighted by molar-refractivity contribution is 7.45. The van der Waals surface area contributed by atoms with Crippen LogP contribution in [-0.2, 0) is 18.4 Å². The van der Waals surface area contributed by atoms with E-state index < -0.39 is 26.6 Å². The summed E-state index contributed by atoms with van der Waals surface area (Å²) < 4.78 is 22.5. The fraction of sp³-hybridized carbons (Fsp3) is 0.929. The smallest absolute Gasteiger partial charge is 0.268 e. The molecule has 0 spiro atoms. The first kappa shape index (κ1) is 50.2. The number of quaternary nitrogens is 1. The summed E-state index contributed by atoms with van der Waals surface area (Å²) >= 11 is 0. The maximum Gasteiger partial charge on any atom is 0.268 e. The van der Waals surface area contributed by atoms with Crippen molar-refractivity contribution >= 4 is 13.7 Å². The lowest BCUT2D eigenvalue weighted by Gasteiger charge is -2.29. The van der Waals surface area contributed by atoms with E-state index in [1.807, 2.05) is 27.2 Å². The van der Waals surface area contributed by atoms with E-state index in [0.717, 1.165) is 19.3 Å². The Balaban J connectivity index is 3.59. The number of carbonyl (C=O) groups excluding carboxylic acids is 1. The van der Waals surface area contributed by atoms with Gasteiger partial charge in [-0.25, -0.2) is 0 Å². The average molecular weight is 745 g/mol. The first-order valence-corrected chi connectivity index (χ1v) is 23.0. The van der Waals surface area contributed by atoms with Gasteiger partial charge in [0, 0.05) is 6.92 Å². The second-order valence-electron chi connectivity index (χ2n) is 16.2. The van der Waals surface area contributed by atoms with Crippen molar-refractivity contribution in [3.63, 3.8) is 0 Å². The summed E-state index contributed by atoms with van der Waals surface area (Å²) in [5.74, 6) is -0.372. The molecule has 0 aliphatic carbocycles. The quantitative estimate of drug-likeness (QED) is 0.0281. The third-order valence-electron chi connectivity index (χ3n) is 9.78. The topological polar surface area (TPSA) is 108 Å². The Hall–Kier alpha value is -0.760. The van der Waals surface area contributed by atoms with E-state index in [-0.39, 0.29) is 12.5 Å². The minimum absolute atomic E-state index is 0.00277. The highest BCUT2D eigenvalue weighted by Crippen LogP contribution is 2.38. The molecule has 0 saturated heterocycles. The molecule has 0 radical (unpaired) electrons. The molecular weight excluding hydrogens is 659 g/mol. The summed E-state index contributed by atoms with van der Waals surface area (Å²) in [7, 11) is 1.26. The Morgan fingerprint density at radius 2 is 1.02 bits per heavy atom. The number of phosphoric ester groups is 1. The highest BCUT2D eigenvalue weighted by Gasteiger charge is 2.22. The number of nitrogens with zero attached hydrogens (tertiary/aromatic N) is 1. The fourth-order valence-corrected chi connectivity index (χ4v) is 7.15. The Morgan fingerprint density at radius 3 is 1.35 bits per heavy atom. The molecule has 2 N–H and O–H groups in total. The Morgan fingerprint density at radius 1 is 0.667 bits per heavy atom. The van der Waals surface area contributed by atoms with E-state index in [2.05, 4.69) is 12.2 Å². The molecular formula is C42H85N2O6P. The first-order valence-electron chi connectivity index (χ1n) is 21.5. The summed E-state index contributed by atoms with van der Waals surface area (Å²) in [6.07, 6.45) is 42.1. The highest BCUT2D eigenvalue weighted by atomic mass is 31.2. The molecule has 8 nitrogen and oxygen atoms in total. The Bertz CT molecular complexity index is 850. The number of hydrogen-bond acceptors (Lipinski definition) is 6. The number of phosphoric acid groups is 1.